The average Bonchev–Trinajstić information content (AvgIpc) is 3.35. The third kappa shape index (κ3) is 2.71. The number of benzene rings is 1. The zero-order valence-corrected chi connectivity index (χ0v) is 14.9. The summed E-state index contributed by atoms with van der Waals surface area (Å²) in [5, 5.41) is 3.05. The fraction of sp³-hybridized carbons (Fsp3) is 0.250. The van der Waals surface area contributed by atoms with E-state index in [-0.39, 0.29) is 5.41 Å². The van der Waals surface area contributed by atoms with E-state index in [1.54, 1.807) is 30.7 Å². The van der Waals surface area contributed by atoms with E-state index in [0.717, 1.165) is 36.5 Å². The Morgan fingerprint density at radius 1 is 1.15 bits per heavy atom. The van der Waals surface area contributed by atoms with Crippen molar-refractivity contribution >= 4 is 17.3 Å². The van der Waals surface area contributed by atoms with Crippen molar-refractivity contribution in [1.82, 2.24) is 15.0 Å². The third-order valence-electron chi connectivity index (χ3n) is 5.12. The van der Waals surface area contributed by atoms with Gasteiger partial charge in [0.25, 0.3) is 0 Å². The summed E-state index contributed by atoms with van der Waals surface area (Å²) in [5.74, 6) is 3.29. The summed E-state index contributed by atoms with van der Waals surface area (Å²) < 4.78 is 12.0. The van der Waals surface area contributed by atoms with E-state index in [2.05, 4.69) is 27.2 Å². The van der Waals surface area contributed by atoms with Gasteiger partial charge in [-0.15, -0.1) is 0 Å². The van der Waals surface area contributed by atoms with Crippen LogP contribution in [0.3, 0.4) is 0 Å². The fourth-order valence-electron chi connectivity index (χ4n) is 3.46. The Bertz CT molecular complexity index is 1020. The molecule has 2 aliphatic rings. The van der Waals surface area contributed by atoms with Gasteiger partial charge in [0.1, 0.15) is 17.3 Å². The van der Waals surface area contributed by atoms with E-state index in [1.807, 2.05) is 12.1 Å². The molecule has 7 heteroatoms. The topological polar surface area (TPSA) is 95.2 Å². The highest BCUT2D eigenvalue weighted by molar-refractivity contribution is 5.66. The summed E-state index contributed by atoms with van der Waals surface area (Å²) in [6, 6.07) is 7.56. The molecule has 0 bridgehead atoms. The molecule has 3 N–H and O–H groups in total. The summed E-state index contributed by atoms with van der Waals surface area (Å²) in [7, 11) is 0. The van der Waals surface area contributed by atoms with Crippen molar-refractivity contribution in [2.24, 2.45) is 0 Å². The number of anilines is 3. The van der Waals surface area contributed by atoms with Crippen LogP contribution in [0.25, 0.3) is 0 Å². The van der Waals surface area contributed by atoms with Crippen molar-refractivity contribution in [2.45, 2.75) is 25.2 Å². The van der Waals surface area contributed by atoms with Crippen molar-refractivity contribution in [2.75, 3.05) is 17.7 Å². The maximum atomic E-state index is 6.06. The van der Waals surface area contributed by atoms with Gasteiger partial charge in [-0.1, -0.05) is 6.07 Å². The number of fused-ring (bicyclic) bond motifs is 2. The largest absolute Gasteiger partial charge is 0.492 e. The Morgan fingerprint density at radius 2 is 2.04 bits per heavy atom. The molecule has 0 unspecified atom stereocenters. The third-order valence-corrected chi connectivity index (χ3v) is 5.12. The van der Waals surface area contributed by atoms with Crippen LogP contribution in [0.5, 0.6) is 17.4 Å². The molecule has 7 nitrogen and oxygen atoms in total. The van der Waals surface area contributed by atoms with E-state index < -0.39 is 0 Å². The number of nitrogens with zero attached hydrogens (tertiary/aromatic N) is 3. The van der Waals surface area contributed by atoms with E-state index in [9.17, 15) is 0 Å². The number of nitrogens with one attached hydrogen (secondary N) is 1. The highest BCUT2D eigenvalue weighted by Gasteiger charge is 2.53. The summed E-state index contributed by atoms with van der Waals surface area (Å²) in [6.07, 6.45) is 7.13. The van der Waals surface area contributed by atoms with Gasteiger partial charge in [-0.2, -0.15) is 0 Å². The lowest BCUT2D eigenvalue weighted by Crippen LogP contribution is -2.08. The first kappa shape index (κ1) is 15.9. The molecule has 0 atom stereocenters. The Morgan fingerprint density at radius 3 is 2.78 bits per heavy atom. The van der Waals surface area contributed by atoms with E-state index in [1.165, 1.54) is 5.56 Å². The van der Waals surface area contributed by atoms with Gasteiger partial charge in [-0.3, -0.25) is 0 Å². The van der Waals surface area contributed by atoms with Crippen LogP contribution >= 0.6 is 0 Å². The van der Waals surface area contributed by atoms with Gasteiger partial charge in [0.15, 0.2) is 5.82 Å². The highest BCUT2D eigenvalue weighted by atomic mass is 16.5. The minimum Gasteiger partial charge on any atom is -0.492 e. The molecular formula is C20H19N5O2. The SMILES string of the molecule is Cc1ccc(Oc2cnc(Nc3ncccc3N)cn2)c2c1OCC21CC1. The number of nitrogen functional groups attached to an aromatic ring is 1. The van der Waals surface area contributed by atoms with Gasteiger partial charge in [-0.25, -0.2) is 15.0 Å². The second kappa shape index (κ2) is 5.84. The molecule has 1 saturated carbocycles. The maximum absolute atomic E-state index is 6.06. The maximum Gasteiger partial charge on any atom is 0.237 e. The molecule has 27 heavy (non-hydrogen) atoms. The standard InChI is InChI=1S/C20H19N5O2/c1-12-4-5-14(17-18(12)26-11-20(17)6-7-20)27-16-10-23-15(9-24-16)25-19-13(21)3-2-8-22-19/h2-5,8-10H,6-7,11,21H2,1H3,(H,22,23,25). The molecule has 1 aliphatic carbocycles. The number of nitrogens with two attached hydrogens (primary N) is 1. The van der Waals surface area contributed by atoms with Crippen LogP contribution in [0.1, 0.15) is 24.0 Å². The van der Waals surface area contributed by atoms with Crippen LogP contribution in [0.4, 0.5) is 17.3 Å². The van der Waals surface area contributed by atoms with Crippen LogP contribution in [-0.4, -0.2) is 21.6 Å². The van der Waals surface area contributed by atoms with Crippen molar-refractivity contribution in [1.29, 1.82) is 0 Å². The average molecular weight is 361 g/mol. The summed E-state index contributed by atoms with van der Waals surface area (Å²) in [6.45, 7) is 2.80. The molecule has 0 radical (unpaired) electrons. The van der Waals surface area contributed by atoms with Gasteiger partial charge in [0.2, 0.25) is 5.88 Å². The lowest BCUT2D eigenvalue weighted by molar-refractivity contribution is 0.322. The van der Waals surface area contributed by atoms with Gasteiger partial charge in [0.05, 0.1) is 24.7 Å². The van der Waals surface area contributed by atoms with Crippen molar-refractivity contribution in [3.63, 3.8) is 0 Å². The Hall–Kier alpha value is -3.35. The molecule has 1 spiro atoms. The molecular weight excluding hydrogens is 342 g/mol. The van der Waals surface area contributed by atoms with Crippen LogP contribution in [0.15, 0.2) is 42.9 Å². The van der Waals surface area contributed by atoms with Crippen molar-refractivity contribution < 1.29 is 9.47 Å². The first-order chi connectivity index (χ1) is 13.1. The number of aromatic nitrogens is 3. The second-order valence-corrected chi connectivity index (χ2v) is 7.06. The summed E-state index contributed by atoms with van der Waals surface area (Å²) in [4.78, 5) is 12.9. The first-order valence-electron chi connectivity index (χ1n) is 8.89. The molecule has 3 heterocycles. The van der Waals surface area contributed by atoms with Crippen LogP contribution < -0.4 is 20.5 Å². The molecule has 5 rings (SSSR count). The minimum absolute atomic E-state index is 0.127. The monoisotopic (exact) mass is 361 g/mol. The Labute approximate surface area is 156 Å². The van der Waals surface area contributed by atoms with Crippen LogP contribution in [0.2, 0.25) is 0 Å². The smallest absolute Gasteiger partial charge is 0.237 e. The molecule has 0 saturated heterocycles. The Balaban J connectivity index is 1.39. The van der Waals surface area contributed by atoms with Crippen molar-refractivity contribution in [3.05, 3.63) is 54.0 Å². The molecule has 0 amide bonds. The zero-order valence-electron chi connectivity index (χ0n) is 14.9. The van der Waals surface area contributed by atoms with Gasteiger partial charge >= 0.3 is 0 Å². The number of pyridine rings is 1. The minimum atomic E-state index is 0.127. The lowest BCUT2D eigenvalue weighted by Gasteiger charge is -2.13. The number of hydrogen-bond donors (Lipinski definition) is 2. The number of ether oxygens (including phenoxy) is 2. The predicted octanol–water partition coefficient (Wildman–Crippen LogP) is 3.72. The van der Waals surface area contributed by atoms with E-state index >= 15 is 0 Å². The molecule has 3 aromatic rings. The normalized spacial score (nSPS) is 15.9. The zero-order chi connectivity index (χ0) is 18.4. The molecule has 1 fully saturated rings. The summed E-state index contributed by atoms with van der Waals surface area (Å²) in [5.41, 5.74) is 8.87. The molecule has 1 aliphatic heterocycles. The van der Waals surface area contributed by atoms with Crippen LogP contribution in [-0.2, 0) is 5.41 Å². The number of rotatable bonds is 4. The molecule has 1 aromatic carbocycles. The molecule has 2 aromatic heterocycles. The second-order valence-electron chi connectivity index (χ2n) is 7.06. The van der Waals surface area contributed by atoms with Gasteiger partial charge in [-0.05, 0) is 43.5 Å². The quantitative estimate of drug-likeness (QED) is 0.731. The highest BCUT2D eigenvalue weighted by Crippen LogP contribution is 2.59. The molecule has 136 valence electrons. The predicted molar refractivity (Wildman–Crippen MR) is 102 cm³/mol. The van der Waals surface area contributed by atoms with E-state index in [4.69, 9.17) is 15.2 Å². The van der Waals surface area contributed by atoms with Crippen LogP contribution in [0, 0.1) is 6.92 Å². The fourth-order valence-corrected chi connectivity index (χ4v) is 3.46. The number of hydrogen-bond acceptors (Lipinski definition) is 7. The lowest BCUT2D eigenvalue weighted by atomic mass is 9.95. The number of aryl methyl sites for hydroxylation is 1. The first-order valence-corrected chi connectivity index (χ1v) is 8.89. The van der Waals surface area contributed by atoms with Gasteiger partial charge in [0, 0.05) is 17.2 Å². The Kier molecular flexibility index (Phi) is 3.43. The van der Waals surface area contributed by atoms with Crippen molar-refractivity contribution in [3.8, 4) is 17.4 Å². The van der Waals surface area contributed by atoms with Gasteiger partial charge < -0.3 is 20.5 Å². The summed E-state index contributed by atoms with van der Waals surface area (Å²) >= 11 is 0. The van der Waals surface area contributed by atoms with E-state index in [0.29, 0.717) is 23.2 Å².